The van der Waals surface area contributed by atoms with Crippen LogP contribution in [-0.2, 0) is 31.6 Å². The van der Waals surface area contributed by atoms with Crippen LogP contribution in [0.4, 0.5) is 0 Å². The molecule has 0 saturated carbocycles. The van der Waals surface area contributed by atoms with Crippen molar-refractivity contribution >= 4 is 31.1 Å². The van der Waals surface area contributed by atoms with E-state index in [4.69, 9.17) is 27.1 Å². The maximum absolute atomic E-state index is 11.7. The monoisotopic (exact) mass is 433 g/mol. The first-order chi connectivity index (χ1) is 11.9. The number of phosphoric acid groups is 3. The third-order valence-corrected chi connectivity index (χ3v) is 6.77. The van der Waals surface area contributed by atoms with E-state index in [-0.39, 0.29) is 6.42 Å². The van der Waals surface area contributed by atoms with E-state index in [1.54, 1.807) is 0 Å². The van der Waals surface area contributed by atoms with Crippen molar-refractivity contribution < 1.29 is 51.2 Å². The van der Waals surface area contributed by atoms with E-state index in [9.17, 15) is 18.6 Å². The van der Waals surface area contributed by atoms with Gasteiger partial charge in [0.05, 0.1) is 0 Å². The van der Waals surface area contributed by atoms with Crippen LogP contribution in [0.2, 0.25) is 0 Å². The SMILES string of the molecule is [B]=N[C@H]1C[C@@H](n2ccnn2)[C@@H](COP(=O)(O)OP(=O)(O)OP(=O)(O)O)O1. The van der Waals surface area contributed by atoms with Crippen LogP contribution in [0.1, 0.15) is 12.5 Å². The van der Waals surface area contributed by atoms with Crippen LogP contribution in [-0.4, -0.2) is 61.1 Å². The van der Waals surface area contributed by atoms with Crippen LogP contribution >= 0.6 is 23.5 Å². The second-order valence-corrected chi connectivity index (χ2v) is 9.27. The minimum absolute atomic E-state index is 0.240. The molecule has 1 radical (unpaired) electrons. The molecule has 4 N–H and O–H groups in total. The number of rotatable bonds is 9. The predicted octanol–water partition coefficient (Wildman–Crippen LogP) is -0.370. The first-order valence-corrected chi connectivity index (χ1v) is 11.1. The summed E-state index contributed by atoms with van der Waals surface area (Å²) in [5.41, 5.74) is 0. The van der Waals surface area contributed by atoms with Crippen LogP contribution < -0.4 is 0 Å². The summed E-state index contributed by atoms with van der Waals surface area (Å²) in [7, 11) is -11.1. The Morgan fingerprint density at radius 3 is 2.46 bits per heavy atom. The first kappa shape index (κ1) is 21.7. The number of ether oxygens (including phenoxy) is 1. The molecule has 19 heteroatoms. The molecule has 15 nitrogen and oxygen atoms in total. The third-order valence-electron chi connectivity index (χ3n) is 2.97. The Morgan fingerprint density at radius 2 is 1.92 bits per heavy atom. The zero-order valence-corrected chi connectivity index (χ0v) is 15.3. The van der Waals surface area contributed by atoms with Crippen LogP contribution in [0.3, 0.4) is 0 Å². The van der Waals surface area contributed by atoms with Gasteiger partial charge < -0.3 is 0 Å². The van der Waals surface area contributed by atoms with E-state index in [1.165, 1.54) is 17.1 Å². The fourth-order valence-electron chi connectivity index (χ4n) is 2.10. The fraction of sp³-hybridized carbons (Fsp3) is 0.714. The van der Waals surface area contributed by atoms with E-state index in [0.29, 0.717) is 0 Å². The molecule has 0 aliphatic carbocycles. The van der Waals surface area contributed by atoms with Crippen LogP contribution in [0.25, 0.3) is 0 Å². The van der Waals surface area contributed by atoms with Gasteiger partial charge in [0.15, 0.2) is 0 Å². The van der Waals surface area contributed by atoms with Crippen molar-refractivity contribution in [2.45, 2.75) is 24.8 Å². The van der Waals surface area contributed by atoms with Gasteiger partial charge in [-0.05, 0) is 0 Å². The Bertz CT molecular complexity index is 770. The fourth-order valence-corrected chi connectivity index (χ4v) is 5.13. The summed E-state index contributed by atoms with van der Waals surface area (Å²) >= 11 is 0. The summed E-state index contributed by atoms with van der Waals surface area (Å²) in [5, 5.41) is 7.37. The van der Waals surface area contributed by atoms with E-state index in [1.807, 2.05) is 0 Å². The van der Waals surface area contributed by atoms with Gasteiger partial charge in [-0.25, -0.2) is 0 Å². The number of aromatic nitrogens is 3. The quantitative estimate of drug-likeness (QED) is 0.289. The Hall–Kier alpha value is -0.625. The van der Waals surface area contributed by atoms with Crippen molar-refractivity contribution in [1.82, 2.24) is 15.0 Å². The topological polar surface area (TPSA) is 212 Å². The van der Waals surface area contributed by atoms with Gasteiger partial charge in [0.2, 0.25) is 0 Å². The van der Waals surface area contributed by atoms with Gasteiger partial charge in [-0.2, -0.15) is 0 Å². The summed E-state index contributed by atoms with van der Waals surface area (Å²) in [5.74, 6) is 0. The first-order valence-electron chi connectivity index (χ1n) is 6.60. The summed E-state index contributed by atoms with van der Waals surface area (Å²) in [6.45, 7) is -0.639. The molecule has 26 heavy (non-hydrogen) atoms. The molecule has 0 spiro atoms. The van der Waals surface area contributed by atoms with Gasteiger partial charge in [0.25, 0.3) is 0 Å². The third kappa shape index (κ3) is 6.52. The number of phosphoric ester groups is 1. The Morgan fingerprint density at radius 1 is 1.23 bits per heavy atom. The van der Waals surface area contributed by atoms with Crippen LogP contribution in [0.15, 0.2) is 17.3 Å². The summed E-state index contributed by atoms with van der Waals surface area (Å²) < 4.78 is 52.0. The van der Waals surface area contributed by atoms with Crippen molar-refractivity contribution in [3.8, 4) is 0 Å². The Labute approximate surface area is 146 Å². The van der Waals surface area contributed by atoms with Crippen molar-refractivity contribution in [1.29, 1.82) is 0 Å². The standard InChI is InChI=1S/C7H13BN4O11P3/c8-10-7-3-5(12-2-1-9-11-12)6(21-7)4-20-25(16,17)23-26(18,19)22-24(13,14)15/h1-2,5-7H,3-4H2,(H,16,17)(H,18,19)(H2,13,14,15)/t5-,6-,7-/m1/s1. The van der Waals surface area contributed by atoms with Crippen LogP contribution in [0, 0.1) is 0 Å². The van der Waals surface area contributed by atoms with Gasteiger partial charge >= 0.3 is 146 Å². The number of nitrogens with zero attached hydrogens (tertiary/aromatic N) is 4. The van der Waals surface area contributed by atoms with Gasteiger partial charge in [-0.3, -0.25) is 0 Å². The van der Waals surface area contributed by atoms with Crippen molar-refractivity contribution in [2.75, 3.05) is 6.61 Å². The average molecular weight is 433 g/mol. The van der Waals surface area contributed by atoms with Crippen LogP contribution in [0.5, 0.6) is 0 Å². The molecule has 0 bridgehead atoms. The molecule has 1 aliphatic rings. The molecule has 0 aromatic carbocycles. The molecule has 2 heterocycles. The normalized spacial score (nSPS) is 28.3. The molecule has 2 rings (SSSR count). The van der Waals surface area contributed by atoms with Crippen molar-refractivity contribution in [3.05, 3.63) is 12.4 Å². The van der Waals surface area contributed by atoms with Gasteiger partial charge in [-0.15, -0.1) is 0 Å². The summed E-state index contributed by atoms with van der Waals surface area (Å²) in [6, 6.07) is -0.540. The molecular formula is C7H13BN4O11P3. The van der Waals surface area contributed by atoms with Crippen molar-refractivity contribution in [3.63, 3.8) is 0 Å². The predicted molar refractivity (Wildman–Crippen MR) is 80.3 cm³/mol. The minimum atomic E-state index is -5.59. The Kier molecular flexibility index (Phi) is 6.81. The van der Waals surface area contributed by atoms with Gasteiger partial charge in [0, 0.05) is 0 Å². The van der Waals surface area contributed by atoms with Gasteiger partial charge in [0.1, 0.15) is 0 Å². The van der Waals surface area contributed by atoms with Gasteiger partial charge in [-0.1, -0.05) is 0 Å². The molecule has 1 fully saturated rings. The Balaban J connectivity index is 2.01. The van der Waals surface area contributed by atoms with E-state index in [0.717, 1.165) is 0 Å². The average Bonchev–Trinajstić information content (AvgIpc) is 3.10. The molecular weight excluding hydrogens is 420 g/mol. The van der Waals surface area contributed by atoms with Crippen molar-refractivity contribution in [2.24, 2.45) is 4.90 Å². The molecule has 145 valence electrons. The van der Waals surface area contributed by atoms with E-state index in [2.05, 4.69) is 28.4 Å². The van der Waals surface area contributed by atoms with E-state index >= 15 is 0 Å². The number of hydrogen-bond acceptors (Lipinski definition) is 10. The zero-order valence-electron chi connectivity index (χ0n) is 12.7. The summed E-state index contributed by atoms with van der Waals surface area (Å²) in [6.07, 6.45) is 1.43. The molecule has 1 aromatic rings. The second kappa shape index (κ2) is 8.17. The molecule has 1 aliphatic heterocycles. The molecule has 5 atom stereocenters. The number of hydrogen-bond donors (Lipinski definition) is 4. The summed E-state index contributed by atoms with van der Waals surface area (Å²) in [4.78, 5) is 38.9. The maximum atomic E-state index is 11.7. The molecule has 0 amide bonds. The second-order valence-electron chi connectivity index (χ2n) is 4.85. The zero-order chi connectivity index (χ0) is 19.6. The molecule has 1 saturated heterocycles. The molecule has 2 unspecified atom stereocenters. The molecule has 1 aromatic heterocycles. The van der Waals surface area contributed by atoms with E-state index < -0.39 is 48.4 Å².